The van der Waals surface area contributed by atoms with Crippen LogP contribution in [0.3, 0.4) is 0 Å². The van der Waals surface area contributed by atoms with Gasteiger partial charge in [0, 0.05) is 24.0 Å². The highest BCUT2D eigenvalue weighted by Crippen LogP contribution is 2.40. The van der Waals surface area contributed by atoms with Crippen molar-refractivity contribution in [2.75, 3.05) is 6.54 Å². The Morgan fingerprint density at radius 2 is 2.00 bits per heavy atom. The molecule has 12 heteroatoms. The molecule has 1 aromatic carbocycles. The number of imidazole rings is 1. The molecule has 4 aromatic rings. The van der Waals surface area contributed by atoms with Gasteiger partial charge in [-0.1, -0.05) is 0 Å². The van der Waals surface area contributed by atoms with E-state index in [0.717, 1.165) is 4.90 Å². The van der Waals surface area contributed by atoms with E-state index in [0.29, 0.717) is 28.8 Å². The van der Waals surface area contributed by atoms with E-state index in [1.165, 1.54) is 44.4 Å². The molecule has 4 heterocycles. The molecule has 1 aliphatic rings. The highest BCUT2D eigenvalue weighted by Gasteiger charge is 2.46. The Bertz CT molecular complexity index is 1400. The Labute approximate surface area is 189 Å². The Balaban J connectivity index is 1.64. The molecule has 178 valence electrons. The van der Waals surface area contributed by atoms with Crippen molar-refractivity contribution in [1.82, 2.24) is 19.9 Å². The minimum absolute atomic E-state index is 0.0138. The summed E-state index contributed by atoms with van der Waals surface area (Å²) >= 11 is 0. The van der Waals surface area contributed by atoms with Crippen molar-refractivity contribution in [3.63, 3.8) is 0 Å². The fourth-order valence-corrected chi connectivity index (χ4v) is 4.00. The molecular weight excluding hydrogens is 460 g/mol. The number of amides is 1. The Kier molecular flexibility index (Phi) is 4.83. The molecule has 0 aliphatic carbocycles. The first-order chi connectivity index (χ1) is 15.9. The highest BCUT2D eigenvalue weighted by atomic mass is 19.4. The van der Waals surface area contributed by atoms with Crippen LogP contribution in [-0.2, 0) is 18.2 Å². The second kappa shape index (κ2) is 7.42. The first kappa shape index (κ1) is 22.1. The number of hydrogen-bond donors (Lipinski definition) is 2. The van der Waals surface area contributed by atoms with Crippen molar-refractivity contribution in [1.29, 1.82) is 0 Å². The maximum Gasteiger partial charge on any atom is 0.437 e. The summed E-state index contributed by atoms with van der Waals surface area (Å²) in [7, 11) is 0. The van der Waals surface area contributed by atoms with Gasteiger partial charge in [-0.05, 0) is 38.1 Å². The fraction of sp³-hybridized carbons (Fsp3) is 0.318. The summed E-state index contributed by atoms with van der Waals surface area (Å²) in [5.41, 5.74) is -1.97. The van der Waals surface area contributed by atoms with E-state index < -0.39 is 46.9 Å². The lowest BCUT2D eigenvalue weighted by Crippen LogP contribution is -2.41. The molecule has 8 nitrogen and oxygen atoms in total. The number of oxazole rings is 1. The molecule has 0 bridgehead atoms. The predicted octanol–water partition coefficient (Wildman–Crippen LogP) is 4.32. The average Bonchev–Trinajstić information content (AvgIpc) is 3.48. The molecule has 5 rings (SSSR count). The van der Waals surface area contributed by atoms with E-state index in [-0.39, 0.29) is 12.3 Å². The quantitative estimate of drug-likeness (QED) is 0.425. The molecule has 0 unspecified atom stereocenters. The van der Waals surface area contributed by atoms with Crippen LogP contribution < -0.4 is 0 Å². The molecule has 1 aliphatic heterocycles. The SMILES string of the molecule is CC(C)(O)c1nc(C(F)(F)F)c(C(=O)N2CCc3[nH]cnc3[C@@H]2c2cc3cc(F)ccc3o2)o1. The van der Waals surface area contributed by atoms with Gasteiger partial charge in [-0.3, -0.25) is 4.79 Å². The standard InChI is InChI=1S/C22H18F4N4O4/c1-21(2,32)20-29-18(22(24,25)26)17(34-20)19(31)30-6-5-12-15(28-9-27-12)16(30)14-8-10-7-11(23)3-4-13(10)33-14/h3-4,7-9,16,32H,5-6H2,1-2H3,(H,27,28)/t16-/m0/s1. The number of halogens is 4. The van der Waals surface area contributed by atoms with E-state index in [1.807, 2.05) is 0 Å². The number of nitrogens with one attached hydrogen (secondary N) is 1. The van der Waals surface area contributed by atoms with Crippen LogP contribution in [0.1, 0.15) is 59.2 Å². The van der Waals surface area contributed by atoms with E-state index in [4.69, 9.17) is 8.83 Å². The Hall–Kier alpha value is -3.67. The minimum atomic E-state index is -5.00. The average molecular weight is 478 g/mol. The number of furan rings is 1. The topological polar surface area (TPSA) is 108 Å². The van der Waals surface area contributed by atoms with Crippen molar-refractivity contribution >= 4 is 16.9 Å². The summed E-state index contributed by atoms with van der Waals surface area (Å²) in [5.74, 6) is -3.09. The van der Waals surface area contributed by atoms with Crippen molar-refractivity contribution < 1.29 is 36.3 Å². The molecule has 0 saturated carbocycles. The van der Waals surface area contributed by atoms with Crippen LogP contribution >= 0.6 is 0 Å². The number of hydrogen-bond acceptors (Lipinski definition) is 6. The third-order valence-electron chi connectivity index (χ3n) is 5.57. The van der Waals surface area contributed by atoms with E-state index >= 15 is 0 Å². The zero-order valence-electron chi connectivity index (χ0n) is 17.9. The number of alkyl halides is 3. The number of nitrogens with zero attached hydrogens (tertiary/aromatic N) is 3. The number of aromatic nitrogens is 3. The molecule has 0 fully saturated rings. The van der Waals surface area contributed by atoms with E-state index in [2.05, 4.69) is 15.0 Å². The van der Waals surface area contributed by atoms with Crippen LogP contribution in [-0.4, -0.2) is 37.4 Å². The van der Waals surface area contributed by atoms with Crippen LogP contribution in [0.2, 0.25) is 0 Å². The van der Waals surface area contributed by atoms with Gasteiger partial charge in [0.05, 0.1) is 12.0 Å². The van der Waals surface area contributed by atoms with Crippen molar-refractivity contribution in [3.8, 4) is 0 Å². The van der Waals surface area contributed by atoms with Gasteiger partial charge in [-0.2, -0.15) is 13.2 Å². The summed E-state index contributed by atoms with van der Waals surface area (Å²) in [4.78, 5) is 25.2. The molecular formula is C22H18F4N4O4. The van der Waals surface area contributed by atoms with Crippen LogP contribution in [0.5, 0.6) is 0 Å². The summed E-state index contributed by atoms with van der Waals surface area (Å²) < 4.78 is 65.9. The molecule has 34 heavy (non-hydrogen) atoms. The summed E-state index contributed by atoms with van der Waals surface area (Å²) in [6.45, 7) is 2.40. The molecule has 2 N–H and O–H groups in total. The Morgan fingerprint density at radius 1 is 1.24 bits per heavy atom. The number of H-pyrrole nitrogens is 1. The number of carbonyl (C=O) groups excluding carboxylic acids is 1. The van der Waals surface area contributed by atoms with Crippen LogP contribution in [0.4, 0.5) is 17.6 Å². The number of benzene rings is 1. The first-order valence-corrected chi connectivity index (χ1v) is 10.3. The maximum absolute atomic E-state index is 13.7. The predicted molar refractivity (Wildman–Crippen MR) is 108 cm³/mol. The number of aromatic amines is 1. The molecule has 0 saturated heterocycles. The van der Waals surface area contributed by atoms with Crippen molar-refractivity contribution in [3.05, 3.63) is 70.9 Å². The lowest BCUT2D eigenvalue weighted by molar-refractivity contribution is -0.141. The second-order valence-electron chi connectivity index (χ2n) is 8.50. The Morgan fingerprint density at radius 3 is 2.71 bits per heavy atom. The normalized spacial score (nSPS) is 16.8. The zero-order valence-corrected chi connectivity index (χ0v) is 17.9. The monoisotopic (exact) mass is 478 g/mol. The minimum Gasteiger partial charge on any atom is -0.458 e. The van der Waals surface area contributed by atoms with Crippen LogP contribution in [0.25, 0.3) is 11.0 Å². The second-order valence-corrected chi connectivity index (χ2v) is 8.50. The summed E-state index contributed by atoms with van der Waals surface area (Å²) in [5, 5.41) is 10.5. The smallest absolute Gasteiger partial charge is 0.437 e. The van der Waals surface area contributed by atoms with Crippen LogP contribution in [0, 0.1) is 5.82 Å². The van der Waals surface area contributed by atoms with Gasteiger partial charge in [0.2, 0.25) is 11.7 Å². The van der Waals surface area contributed by atoms with Gasteiger partial charge in [-0.15, -0.1) is 0 Å². The van der Waals surface area contributed by atoms with Crippen molar-refractivity contribution in [2.45, 2.75) is 38.1 Å². The lowest BCUT2D eigenvalue weighted by Gasteiger charge is -2.33. The molecule has 0 radical (unpaired) electrons. The maximum atomic E-state index is 13.7. The number of carbonyl (C=O) groups is 1. The van der Waals surface area contributed by atoms with Gasteiger partial charge in [0.15, 0.2) is 5.69 Å². The zero-order chi connectivity index (χ0) is 24.4. The molecule has 0 spiro atoms. The van der Waals surface area contributed by atoms with Gasteiger partial charge in [0.25, 0.3) is 5.91 Å². The number of fused-ring (bicyclic) bond motifs is 2. The van der Waals surface area contributed by atoms with Gasteiger partial charge in [0.1, 0.15) is 28.8 Å². The molecule has 3 aromatic heterocycles. The van der Waals surface area contributed by atoms with Crippen molar-refractivity contribution in [2.24, 2.45) is 0 Å². The first-order valence-electron chi connectivity index (χ1n) is 10.3. The van der Waals surface area contributed by atoms with Gasteiger partial charge < -0.3 is 23.8 Å². The molecule has 1 atom stereocenters. The van der Waals surface area contributed by atoms with E-state index in [9.17, 15) is 27.5 Å². The highest BCUT2D eigenvalue weighted by molar-refractivity contribution is 5.93. The summed E-state index contributed by atoms with van der Waals surface area (Å²) in [6, 6.07) is 4.39. The van der Waals surface area contributed by atoms with E-state index in [1.54, 1.807) is 0 Å². The number of aliphatic hydroxyl groups is 1. The third-order valence-corrected chi connectivity index (χ3v) is 5.57. The fourth-order valence-electron chi connectivity index (χ4n) is 4.00. The largest absolute Gasteiger partial charge is 0.458 e. The summed E-state index contributed by atoms with van der Waals surface area (Å²) in [6.07, 6.45) is -3.30. The molecule has 1 amide bonds. The lowest BCUT2D eigenvalue weighted by atomic mass is 9.99. The van der Waals surface area contributed by atoms with Gasteiger partial charge in [-0.25, -0.2) is 14.4 Å². The van der Waals surface area contributed by atoms with Crippen LogP contribution in [0.15, 0.2) is 39.4 Å². The third kappa shape index (κ3) is 3.63. The number of rotatable bonds is 3. The van der Waals surface area contributed by atoms with Gasteiger partial charge >= 0.3 is 6.18 Å².